The Morgan fingerprint density at radius 3 is 2.15 bits per heavy atom. The van der Waals surface area contributed by atoms with Crippen LogP contribution >= 0.6 is 0 Å². The van der Waals surface area contributed by atoms with E-state index >= 15 is 0 Å². The number of aryl methyl sites for hydroxylation is 1. The Hall–Kier alpha value is -4.10. The molecule has 1 amide bonds. The van der Waals surface area contributed by atoms with Crippen LogP contribution in [0, 0.1) is 6.92 Å². The first-order chi connectivity index (χ1) is 18.9. The van der Waals surface area contributed by atoms with Crippen LogP contribution in [0.4, 0.5) is 24.5 Å². The van der Waals surface area contributed by atoms with Gasteiger partial charge in [0.15, 0.2) is 0 Å². The first-order valence-electron chi connectivity index (χ1n) is 12.2. The minimum absolute atomic E-state index is 0.175. The fourth-order valence-electron chi connectivity index (χ4n) is 3.77. The number of piperazine rings is 1. The van der Waals surface area contributed by atoms with E-state index in [-0.39, 0.29) is 10.8 Å². The number of rotatable bonds is 7. The maximum Gasteiger partial charge on any atom is 0.490 e. The Morgan fingerprint density at radius 1 is 0.975 bits per heavy atom. The molecule has 0 spiro atoms. The first kappa shape index (κ1) is 30.4. The number of amides is 1. The van der Waals surface area contributed by atoms with Gasteiger partial charge in [0, 0.05) is 44.1 Å². The number of anilines is 2. The summed E-state index contributed by atoms with van der Waals surface area (Å²) >= 11 is 0. The SMILES string of the molecule is Cc1ccc(S(=O)(=O)Nc2ccc(N3CCNCC3)c(C(=O)NCc3ccccc3)c2)cc1.O=C(O)C(F)(F)F. The van der Waals surface area contributed by atoms with Gasteiger partial charge in [0.25, 0.3) is 15.9 Å². The van der Waals surface area contributed by atoms with Crippen molar-refractivity contribution in [3.05, 3.63) is 89.5 Å². The number of halogens is 3. The average Bonchev–Trinajstić information content (AvgIpc) is 2.92. The van der Waals surface area contributed by atoms with Crippen molar-refractivity contribution in [3.8, 4) is 0 Å². The van der Waals surface area contributed by atoms with Gasteiger partial charge in [0.2, 0.25) is 0 Å². The molecule has 3 aromatic carbocycles. The van der Waals surface area contributed by atoms with Gasteiger partial charge in [-0.3, -0.25) is 9.52 Å². The maximum absolute atomic E-state index is 13.2. The van der Waals surface area contributed by atoms with Gasteiger partial charge in [0.1, 0.15) is 0 Å². The Balaban J connectivity index is 0.000000559. The Morgan fingerprint density at radius 2 is 1.57 bits per heavy atom. The van der Waals surface area contributed by atoms with Gasteiger partial charge in [0.05, 0.1) is 10.5 Å². The van der Waals surface area contributed by atoms with E-state index in [4.69, 9.17) is 9.90 Å². The maximum atomic E-state index is 13.2. The van der Waals surface area contributed by atoms with Crippen LogP contribution in [0.25, 0.3) is 0 Å². The summed E-state index contributed by atoms with van der Waals surface area (Å²) in [7, 11) is -3.77. The standard InChI is InChI=1S/C25H28N4O3S.C2HF3O2/c1-19-7-10-22(11-8-19)33(31,32)28-21-9-12-24(29-15-13-26-14-16-29)23(17-21)25(30)27-18-20-5-3-2-4-6-20;3-2(4,5)1(6)7/h2-12,17,26,28H,13-16,18H2,1H3,(H,27,30);(H,6,7). The summed E-state index contributed by atoms with van der Waals surface area (Å²) < 4.78 is 60.1. The molecule has 40 heavy (non-hydrogen) atoms. The van der Waals surface area contributed by atoms with E-state index in [0.717, 1.165) is 43.0 Å². The van der Waals surface area contributed by atoms with Crippen molar-refractivity contribution in [1.29, 1.82) is 0 Å². The van der Waals surface area contributed by atoms with Crippen LogP contribution in [-0.4, -0.2) is 57.8 Å². The van der Waals surface area contributed by atoms with E-state index in [1.807, 2.05) is 43.3 Å². The Bertz CT molecular complexity index is 1410. The minimum atomic E-state index is -5.08. The topological polar surface area (TPSA) is 128 Å². The molecule has 0 bridgehead atoms. The van der Waals surface area contributed by atoms with Gasteiger partial charge < -0.3 is 20.6 Å². The van der Waals surface area contributed by atoms with Crippen molar-refractivity contribution >= 4 is 33.3 Å². The fourth-order valence-corrected chi connectivity index (χ4v) is 4.82. The highest BCUT2D eigenvalue weighted by Gasteiger charge is 2.38. The van der Waals surface area contributed by atoms with Crippen molar-refractivity contribution in [2.75, 3.05) is 35.8 Å². The highest BCUT2D eigenvalue weighted by Crippen LogP contribution is 2.27. The van der Waals surface area contributed by atoms with Crippen molar-refractivity contribution < 1.29 is 36.3 Å². The van der Waals surface area contributed by atoms with E-state index in [0.29, 0.717) is 17.8 Å². The minimum Gasteiger partial charge on any atom is -0.475 e. The lowest BCUT2D eigenvalue weighted by Gasteiger charge is -2.31. The summed E-state index contributed by atoms with van der Waals surface area (Å²) in [5, 5.41) is 13.4. The number of nitrogens with zero attached hydrogens (tertiary/aromatic N) is 1. The summed E-state index contributed by atoms with van der Waals surface area (Å²) in [5.41, 5.74) is 3.55. The molecule has 1 saturated heterocycles. The highest BCUT2D eigenvalue weighted by atomic mass is 32.2. The van der Waals surface area contributed by atoms with Gasteiger partial charge in [-0.2, -0.15) is 13.2 Å². The summed E-state index contributed by atoms with van der Waals surface area (Å²) in [4.78, 5) is 24.4. The largest absolute Gasteiger partial charge is 0.490 e. The Kier molecular flexibility index (Phi) is 10.1. The second-order valence-corrected chi connectivity index (χ2v) is 10.5. The number of sulfonamides is 1. The smallest absolute Gasteiger partial charge is 0.475 e. The second kappa shape index (κ2) is 13.3. The molecule has 4 N–H and O–H groups in total. The van der Waals surface area contributed by atoms with E-state index in [9.17, 15) is 26.4 Å². The second-order valence-electron chi connectivity index (χ2n) is 8.86. The zero-order chi connectivity index (χ0) is 29.3. The number of carbonyl (C=O) groups excluding carboxylic acids is 1. The first-order valence-corrected chi connectivity index (χ1v) is 13.7. The number of hydrogen-bond acceptors (Lipinski definition) is 6. The number of alkyl halides is 3. The Labute approximate surface area is 230 Å². The zero-order valence-corrected chi connectivity index (χ0v) is 22.3. The molecule has 4 rings (SSSR count). The number of nitrogens with one attached hydrogen (secondary N) is 3. The third-order valence-corrected chi connectivity index (χ3v) is 7.22. The van der Waals surface area contributed by atoms with Crippen molar-refractivity contribution in [1.82, 2.24) is 10.6 Å². The molecule has 0 radical (unpaired) electrons. The molecule has 0 saturated carbocycles. The quantitative estimate of drug-likeness (QED) is 0.336. The van der Waals surface area contributed by atoms with Crippen LogP contribution in [0.3, 0.4) is 0 Å². The predicted molar refractivity (Wildman–Crippen MR) is 145 cm³/mol. The van der Waals surface area contributed by atoms with Gasteiger partial charge in [-0.05, 0) is 42.8 Å². The molecule has 0 unspecified atom stereocenters. The molecule has 1 fully saturated rings. The van der Waals surface area contributed by atoms with Crippen LogP contribution in [0.5, 0.6) is 0 Å². The van der Waals surface area contributed by atoms with Gasteiger partial charge >= 0.3 is 12.1 Å². The van der Waals surface area contributed by atoms with Gasteiger partial charge in [-0.1, -0.05) is 48.0 Å². The van der Waals surface area contributed by atoms with Crippen molar-refractivity contribution in [2.24, 2.45) is 0 Å². The third kappa shape index (κ3) is 8.71. The normalized spacial score (nSPS) is 13.6. The number of carbonyl (C=O) groups is 2. The van der Waals surface area contributed by atoms with E-state index in [2.05, 4.69) is 20.3 Å². The molecule has 1 aliphatic rings. The predicted octanol–water partition coefficient (Wildman–Crippen LogP) is 3.77. The van der Waals surface area contributed by atoms with E-state index in [1.54, 1.807) is 36.4 Å². The van der Waals surface area contributed by atoms with Crippen molar-refractivity contribution in [3.63, 3.8) is 0 Å². The lowest BCUT2D eigenvalue weighted by molar-refractivity contribution is -0.192. The molecule has 1 aliphatic heterocycles. The molecule has 9 nitrogen and oxygen atoms in total. The molecular weight excluding hydrogens is 549 g/mol. The molecule has 0 atom stereocenters. The lowest BCUT2D eigenvalue weighted by Crippen LogP contribution is -2.44. The number of carboxylic acids is 1. The molecule has 0 aromatic heterocycles. The average molecular weight is 579 g/mol. The summed E-state index contributed by atoms with van der Waals surface area (Å²) in [5.74, 6) is -3.00. The number of benzene rings is 3. The number of hydrogen-bond donors (Lipinski definition) is 4. The molecule has 3 aromatic rings. The molecule has 0 aliphatic carbocycles. The van der Waals surface area contributed by atoms with Gasteiger partial charge in [-0.15, -0.1) is 0 Å². The van der Waals surface area contributed by atoms with Crippen LogP contribution in [0.15, 0.2) is 77.7 Å². The summed E-state index contributed by atoms with van der Waals surface area (Å²) in [6, 6.07) is 21.5. The zero-order valence-electron chi connectivity index (χ0n) is 21.5. The monoisotopic (exact) mass is 578 g/mol. The molecule has 1 heterocycles. The van der Waals surface area contributed by atoms with Crippen molar-refractivity contribution in [2.45, 2.75) is 24.5 Å². The number of aliphatic carboxylic acids is 1. The fraction of sp³-hybridized carbons (Fsp3) is 0.259. The molecule has 214 valence electrons. The van der Waals surface area contributed by atoms with Crippen LogP contribution in [0.2, 0.25) is 0 Å². The van der Waals surface area contributed by atoms with Crippen LogP contribution in [-0.2, 0) is 21.4 Å². The van der Waals surface area contributed by atoms with Crippen LogP contribution < -0.4 is 20.3 Å². The lowest BCUT2D eigenvalue weighted by atomic mass is 10.1. The molecule has 13 heteroatoms. The highest BCUT2D eigenvalue weighted by molar-refractivity contribution is 7.92. The van der Waals surface area contributed by atoms with E-state index < -0.39 is 22.2 Å². The van der Waals surface area contributed by atoms with Crippen LogP contribution in [0.1, 0.15) is 21.5 Å². The molecular formula is C27H29F3N4O5S. The van der Waals surface area contributed by atoms with E-state index in [1.165, 1.54) is 0 Å². The summed E-state index contributed by atoms with van der Waals surface area (Å²) in [6.45, 7) is 5.49. The summed E-state index contributed by atoms with van der Waals surface area (Å²) in [6.07, 6.45) is -5.08. The third-order valence-electron chi connectivity index (χ3n) is 5.82. The van der Waals surface area contributed by atoms with Gasteiger partial charge in [-0.25, -0.2) is 13.2 Å². The number of carboxylic acid groups (broad SMARTS) is 1.